The summed E-state index contributed by atoms with van der Waals surface area (Å²) in [4.78, 5) is 20.4. The first-order valence-electron chi connectivity index (χ1n) is 7.90. The van der Waals surface area contributed by atoms with Gasteiger partial charge in [-0.15, -0.1) is 0 Å². The zero-order valence-corrected chi connectivity index (χ0v) is 14.1. The van der Waals surface area contributed by atoms with Gasteiger partial charge in [0.15, 0.2) is 0 Å². The van der Waals surface area contributed by atoms with Crippen LogP contribution in [0.2, 0.25) is 0 Å². The van der Waals surface area contributed by atoms with Crippen molar-refractivity contribution in [3.8, 4) is 5.75 Å². The minimum atomic E-state index is -0.352. The summed E-state index contributed by atoms with van der Waals surface area (Å²) >= 11 is 0. The molecule has 26 heavy (non-hydrogen) atoms. The average Bonchev–Trinajstić information content (AvgIpc) is 2.68. The van der Waals surface area contributed by atoms with E-state index in [9.17, 15) is 9.18 Å². The molecule has 2 N–H and O–H groups in total. The summed E-state index contributed by atoms with van der Waals surface area (Å²) < 4.78 is 18.0. The number of nitrogens with zero attached hydrogens (tertiary/aromatic N) is 2. The quantitative estimate of drug-likeness (QED) is 0.712. The van der Waals surface area contributed by atoms with E-state index in [-0.39, 0.29) is 24.0 Å². The van der Waals surface area contributed by atoms with Crippen molar-refractivity contribution in [2.75, 3.05) is 12.4 Å². The van der Waals surface area contributed by atoms with E-state index >= 15 is 0 Å². The summed E-state index contributed by atoms with van der Waals surface area (Å²) in [5.41, 5.74) is 1.79. The smallest absolute Gasteiger partial charge is 0.271 e. The molecule has 1 heterocycles. The molecule has 2 aromatic carbocycles. The van der Waals surface area contributed by atoms with Crippen LogP contribution in [0.4, 0.5) is 15.9 Å². The maximum Gasteiger partial charge on any atom is 0.271 e. The third-order valence-corrected chi connectivity index (χ3v) is 3.59. The molecule has 1 amide bonds. The molecular formula is C19H17FN4O2. The summed E-state index contributed by atoms with van der Waals surface area (Å²) in [5.74, 6) is 0.563. The van der Waals surface area contributed by atoms with Crippen LogP contribution >= 0.6 is 0 Å². The first-order chi connectivity index (χ1) is 12.6. The van der Waals surface area contributed by atoms with Crippen molar-refractivity contribution in [2.24, 2.45) is 0 Å². The fourth-order valence-electron chi connectivity index (χ4n) is 2.23. The van der Waals surface area contributed by atoms with Crippen LogP contribution in [0.25, 0.3) is 0 Å². The monoisotopic (exact) mass is 352 g/mol. The van der Waals surface area contributed by atoms with E-state index in [1.54, 1.807) is 19.2 Å². The minimum absolute atomic E-state index is 0.198. The molecule has 0 bridgehead atoms. The van der Waals surface area contributed by atoms with Crippen molar-refractivity contribution < 1.29 is 13.9 Å². The number of hydrogen-bond donors (Lipinski definition) is 2. The molecule has 0 saturated carbocycles. The number of rotatable bonds is 6. The molecule has 0 saturated heterocycles. The summed E-state index contributed by atoms with van der Waals surface area (Å²) in [6, 6.07) is 13.3. The third kappa shape index (κ3) is 4.54. The molecule has 132 valence electrons. The molecule has 3 aromatic rings. The number of benzene rings is 2. The van der Waals surface area contributed by atoms with Gasteiger partial charge in [-0.2, -0.15) is 0 Å². The molecule has 0 atom stereocenters. The van der Waals surface area contributed by atoms with Crippen LogP contribution in [0.1, 0.15) is 16.1 Å². The van der Waals surface area contributed by atoms with Gasteiger partial charge in [0.2, 0.25) is 0 Å². The Bertz CT molecular complexity index is 883. The van der Waals surface area contributed by atoms with Crippen molar-refractivity contribution in [2.45, 2.75) is 6.54 Å². The Labute approximate surface area is 150 Å². The van der Waals surface area contributed by atoms with Crippen LogP contribution in [0.3, 0.4) is 0 Å². The van der Waals surface area contributed by atoms with E-state index in [1.807, 2.05) is 24.3 Å². The highest BCUT2D eigenvalue weighted by atomic mass is 19.1. The Morgan fingerprint density at radius 1 is 1.12 bits per heavy atom. The number of nitrogens with one attached hydrogen (secondary N) is 2. The number of anilines is 2. The zero-order chi connectivity index (χ0) is 18.4. The molecular weight excluding hydrogens is 335 g/mol. The molecule has 0 unspecified atom stereocenters. The SMILES string of the molecule is COc1cccc(Nc2cnc(C(=O)NCc3ccc(F)cc3)cn2)c1. The van der Waals surface area contributed by atoms with Crippen molar-refractivity contribution in [1.82, 2.24) is 15.3 Å². The average molecular weight is 352 g/mol. The van der Waals surface area contributed by atoms with Gasteiger partial charge in [0.05, 0.1) is 19.5 Å². The topological polar surface area (TPSA) is 76.1 Å². The normalized spacial score (nSPS) is 10.2. The second-order valence-corrected chi connectivity index (χ2v) is 5.45. The molecule has 0 fully saturated rings. The van der Waals surface area contributed by atoms with Crippen molar-refractivity contribution in [3.05, 3.63) is 78.0 Å². The number of carbonyl (C=O) groups is 1. The first kappa shape index (κ1) is 17.3. The van der Waals surface area contributed by atoms with E-state index in [0.29, 0.717) is 5.82 Å². The number of carbonyl (C=O) groups excluding carboxylic acids is 1. The number of ether oxygens (including phenoxy) is 1. The third-order valence-electron chi connectivity index (χ3n) is 3.59. The van der Waals surface area contributed by atoms with Gasteiger partial charge in [0.1, 0.15) is 23.1 Å². The second kappa shape index (κ2) is 8.06. The van der Waals surface area contributed by atoms with Gasteiger partial charge in [-0.25, -0.2) is 14.4 Å². The molecule has 0 aliphatic carbocycles. The highest BCUT2D eigenvalue weighted by Gasteiger charge is 2.08. The predicted molar refractivity (Wildman–Crippen MR) is 95.9 cm³/mol. The number of halogens is 1. The molecule has 1 aromatic heterocycles. The van der Waals surface area contributed by atoms with E-state index in [4.69, 9.17) is 4.74 Å². The zero-order valence-electron chi connectivity index (χ0n) is 14.1. The van der Waals surface area contributed by atoms with E-state index in [2.05, 4.69) is 20.6 Å². The lowest BCUT2D eigenvalue weighted by Gasteiger charge is -2.08. The fourth-order valence-corrected chi connectivity index (χ4v) is 2.23. The van der Waals surface area contributed by atoms with E-state index in [0.717, 1.165) is 17.0 Å². The van der Waals surface area contributed by atoms with Crippen LogP contribution < -0.4 is 15.4 Å². The molecule has 6 nitrogen and oxygen atoms in total. The lowest BCUT2D eigenvalue weighted by Crippen LogP contribution is -2.24. The van der Waals surface area contributed by atoms with Crippen LogP contribution in [0.15, 0.2) is 60.9 Å². The minimum Gasteiger partial charge on any atom is -0.497 e. The number of methoxy groups -OCH3 is 1. The Balaban J connectivity index is 1.59. The van der Waals surface area contributed by atoms with Gasteiger partial charge in [-0.3, -0.25) is 4.79 Å². The number of amides is 1. The molecule has 0 aliphatic rings. The maximum absolute atomic E-state index is 12.9. The van der Waals surface area contributed by atoms with Crippen LogP contribution in [0.5, 0.6) is 5.75 Å². The van der Waals surface area contributed by atoms with Crippen LogP contribution in [-0.4, -0.2) is 23.0 Å². The molecule has 0 spiro atoms. The molecule has 3 rings (SSSR count). The van der Waals surface area contributed by atoms with Crippen molar-refractivity contribution in [3.63, 3.8) is 0 Å². The maximum atomic E-state index is 12.9. The lowest BCUT2D eigenvalue weighted by atomic mass is 10.2. The summed E-state index contributed by atoms with van der Waals surface area (Å²) in [5, 5.41) is 5.81. The second-order valence-electron chi connectivity index (χ2n) is 5.45. The van der Waals surface area contributed by atoms with E-state index < -0.39 is 0 Å². The molecule has 0 radical (unpaired) electrons. The highest BCUT2D eigenvalue weighted by molar-refractivity contribution is 5.92. The van der Waals surface area contributed by atoms with Gasteiger partial charge >= 0.3 is 0 Å². The van der Waals surface area contributed by atoms with Gasteiger partial charge in [-0.05, 0) is 29.8 Å². The van der Waals surface area contributed by atoms with Crippen LogP contribution in [-0.2, 0) is 6.54 Å². The Morgan fingerprint density at radius 2 is 1.92 bits per heavy atom. The van der Waals surface area contributed by atoms with Gasteiger partial charge in [0.25, 0.3) is 5.91 Å². The number of aromatic nitrogens is 2. The summed E-state index contributed by atoms with van der Waals surface area (Å²) in [7, 11) is 1.60. The highest BCUT2D eigenvalue weighted by Crippen LogP contribution is 2.19. The first-order valence-corrected chi connectivity index (χ1v) is 7.90. The summed E-state index contributed by atoms with van der Waals surface area (Å²) in [6.07, 6.45) is 2.87. The van der Waals surface area contributed by atoms with Gasteiger partial charge < -0.3 is 15.4 Å². The standard InChI is InChI=1S/C19H17FN4O2/c1-26-16-4-2-3-15(9-16)24-18-12-21-17(11-22-18)19(25)23-10-13-5-7-14(20)8-6-13/h2-9,11-12H,10H2,1H3,(H,22,24)(H,23,25). The Hall–Kier alpha value is -3.48. The van der Waals surface area contributed by atoms with Crippen molar-refractivity contribution in [1.29, 1.82) is 0 Å². The van der Waals surface area contributed by atoms with Gasteiger partial charge in [-0.1, -0.05) is 18.2 Å². The predicted octanol–water partition coefficient (Wildman–Crippen LogP) is 3.30. The van der Waals surface area contributed by atoms with Crippen LogP contribution in [0, 0.1) is 5.82 Å². The van der Waals surface area contributed by atoms with Gasteiger partial charge in [0, 0.05) is 18.3 Å². The molecule has 0 aliphatic heterocycles. The molecule has 7 heteroatoms. The summed E-state index contributed by atoms with van der Waals surface area (Å²) in [6.45, 7) is 0.282. The fraction of sp³-hybridized carbons (Fsp3) is 0.105. The Morgan fingerprint density at radius 3 is 2.62 bits per heavy atom. The lowest BCUT2D eigenvalue weighted by molar-refractivity contribution is 0.0945. The van der Waals surface area contributed by atoms with E-state index in [1.165, 1.54) is 24.5 Å². The Kier molecular flexibility index (Phi) is 5.38. The number of hydrogen-bond acceptors (Lipinski definition) is 5. The van der Waals surface area contributed by atoms with Crippen molar-refractivity contribution >= 4 is 17.4 Å². The largest absolute Gasteiger partial charge is 0.497 e.